The van der Waals surface area contributed by atoms with Crippen molar-refractivity contribution in [2.24, 2.45) is 0 Å². The maximum absolute atomic E-state index is 6.20. The van der Waals surface area contributed by atoms with E-state index in [0.29, 0.717) is 16.1 Å². The summed E-state index contributed by atoms with van der Waals surface area (Å²) in [7, 11) is 0. The fraction of sp³-hybridized carbons (Fsp3) is 0.571. The Bertz CT molecular complexity index is 367. The molecule has 0 aromatic heterocycles. The van der Waals surface area contributed by atoms with E-state index in [4.69, 9.17) is 23.2 Å². The third kappa shape index (κ3) is 5.15. The summed E-state index contributed by atoms with van der Waals surface area (Å²) in [6.07, 6.45) is 0. The van der Waals surface area contributed by atoms with Gasteiger partial charge in [-0.3, -0.25) is 4.90 Å². The van der Waals surface area contributed by atoms with Gasteiger partial charge in [-0.15, -0.1) is 0 Å². The number of rotatable bonds is 7. The molecule has 0 spiro atoms. The molecule has 0 aliphatic carbocycles. The van der Waals surface area contributed by atoms with Crippen molar-refractivity contribution in [3.8, 4) is 0 Å². The van der Waals surface area contributed by atoms with Gasteiger partial charge in [0.2, 0.25) is 0 Å². The predicted octanol–water partition coefficient (Wildman–Crippen LogP) is 3.81. The SMILES string of the molecule is CCN(CCNC(C)C)Cc1cccc(Cl)c1Cl. The molecule has 2 nitrogen and oxygen atoms in total. The van der Waals surface area contributed by atoms with Crippen molar-refractivity contribution in [3.63, 3.8) is 0 Å². The van der Waals surface area contributed by atoms with Gasteiger partial charge >= 0.3 is 0 Å². The highest BCUT2D eigenvalue weighted by atomic mass is 35.5. The highest BCUT2D eigenvalue weighted by Crippen LogP contribution is 2.26. The van der Waals surface area contributed by atoms with Gasteiger partial charge in [0, 0.05) is 25.7 Å². The lowest BCUT2D eigenvalue weighted by molar-refractivity contribution is 0.276. The second-order valence-corrected chi connectivity index (χ2v) is 5.48. The molecule has 0 atom stereocenters. The molecule has 0 amide bonds. The van der Waals surface area contributed by atoms with Crippen molar-refractivity contribution < 1.29 is 0 Å². The fourth-order valence-corrected chi connectivity index (χ4v) is 2.15. The molecule has 0 unspecified atom stereocenters. The number of hydrogen-bond donors (Lipinski definition) is 1. The second kappa shape index (κ2) is 8.00. The van der Waals surface area contributed by atoms with Gasteiger partial charge in [0.15, 0.2) is 0 Å². The quantitative estimate of drug-likeness (QED) is 0.821. The Balaban J connectivity index is 2.54. The van der Waals surface area contributed by atoms with Crippen molar-refractivity contribution in [2.45, 2.75) is 33.4 Å². The second-order valence-electron chi connectivity index (χ2n) is 4.69. The summed E-state index contributed by atoms with van der Waals surface area (Å²) in [6, 6.07) is 6.33. The molecule has 0 saturated heterocycles. The molecule has 0 radical (unpaired) electrons. The summed E-state index contributed by atoms with van der Waals surface area (Å²) in [6.45, 7) is 10.3. The molecule has 1 rings (SSSR count). The van der Waals surface area contributed by atoms with Crippen molar-refractivity contribution >= 4 is 23.2 Å². The first-order valence-electron chi connectivity index (χ1n) is 6.43. The van der Waals surface area contributed by atoms with Crippen molar-refractivity contribution in [3.05, 3.63) is 33.8 Å². The molecule has 1 aromatic rings. The van der Waals surface area contributed by atoms with E-state index in [0.717, 1.165) is 31.7 Å². The van der Waals surface area contributed by atoms with Gasteiger partial charge in [-0.05, 0) is 18.2 Å². The molecule has 1 N–H and O–H groups in total. The minimum absolute atomic E-state index is 0.526. The number of nitrogens with zero attached hydrogens (tertiary/aromatic N) is 1. The molecule has 0 aliphatic rings. The van der Waals surface area contributed by atoms with Gasteiger partial charge in [-0.1, -0.05) is 56.1 Å². The lowest BCUT2D eigenvalue weighted by Crippen LogP contribution is -2.34. The maximum atomic E-state index is 6.20. The first kappa shape index (κ1) is 15.8. The van der Waals surface area contributed by atoms with Crippen LogP contribution in [0.2, 0.25) is 10.0 Å². The van der Waals surface area contributed by atoms with Crippen LogP contribution >= 0.6 is 23.2 Å². The highest BCUT2D eigenvalue weighted by Gasteiger charge is 2.09. The van der Waals surface area contributed by atoms with Crippen LogP contribution in [-0.4, -0.2) is 30.6 Å². The molecular formula is C14H22Cl2N2. The molecule has 0 saturated carbocycles. The van der Waals surface area contributed by atoms with Crippen LogP contribution in [0.4, 0.5) is 0 Å². The van der Waals surface area contributed by atoms with E-state index in [1.54, 1.807) is 0 Å². The van der Waals surface area contributed by atoms with E-state index in [1.807, 2.05) is 18.2 Å². The zero-order chi connectivity index (χ0) is 13.5. The van der Waals surface area contributed by atoms with Gasteiger partial charge in [-0.2, -0.15) is 0 Å². The van der Waals surface area contributed by atoms with Crippen LogP contribution in [0.25, 0.3) is 0 Å². The largest absolute Gasteiger partial charge is 0.313 e. The van der Waals surface area contributed by atoms with Gasteiger partial charge in [0.25, 0.3) is 0 Å². The van der Waals surface area contributed by atoms with Crippen molar-refractivity contribution in [1.82, 2.24) is 10.2 Å². The molecular weight excluding hydrogens is 267 g/mol. The zero-order valence-electron chi connectivity index (χ0n) is 11.3. The van der Waals surface area contributed by atoms with Crippen molar-refractivity contribution in [1.29, 1.82) is 0 Å². The Hall–Kier alpha value is -0.280. The highest BCUT2D eigenvalue weighted by molar-refractivity contribution is 6.42. The summed E-state index contributed by atoms with van der Waals surface area (Å²) in [5.74, 6) is 0. The van der Waals surface area contributed by atoms with Crippen LogP contribution in [-0.2, 0) is 6.54 Å². The third-order valence-corrected chi connectivity index (χ3v) is 3.71. The molecule has 102 valence electrons. The van der Waals surface area contributed by atoms with Crippen LogP contribution in [0.5, 0.6) is 0 Å². The average Bonchev–Trinajstić information content (AvgIpc) is 2.33. The van der Waals surface area contributed by atoms with Crippen LogP contribution in [0.3, 0.4) is 0 Å². The van der Waals surface area contributed by atoms with E-state index < -0.39 is 0 Å². The smallest absolute Gasteiger partial charge is 0.0637 e. The Morgan fingerprint density at radius 2 is 2.00 bits per heavy atom. The Labute approximate surface area is 120 Å². The number of benzene rings is 1. The zero-order valence-corrected chi connectivity index (χ0v) is 12.9. The van der Waals surface area contributed by atoms with E-state index in [1.165, 1.54) is 0 Å². The Kier molecular flexibility index (Phi) is 7.02. The summed E-state index contributed by atoms with van der Waals surface area (Å²) in [5, 5.41) is 4.73. The minimum atomic E-state index is 0.526. The molecule has 18 heavy (non-hydrogen) atoms. The summed E-state index contributed by atoms with van der Waals surface area (Å²) >= 11 is 12.2. The monoisotopic (exact) mass is 288 g/mol. The van der Waals surface area contributed by atoms with Gasteiger partial charge in [0.1, 0.15) is 0 Å². The van der Waals surface area contributed by atoms with Crippen molar-refractivity contribution in [2.75, 3.05) is 19.6 Å². The molecule has 0 heterocycles. The van der Waals surface area contributed by atoms with Gasteiger partial charge in [-0.25, -0.2) is 0 Å². The van der Waals surface area contributed by atoms with E-state index in [-0.39, 0.29) is 0 Å². The number of halogens is 2. The molecule has 1 aromatic carbocycles. The summed E-state index contributed by atoms with van der Waals surface area (Å²) < 4.78 is 0. The Morgan fingerprint density at radius 1 is 1.28 bits per heavy atom. The topological polar surface area (TPSA) is 15.3 Å². The maximum Gasteiger partial charge on any atom is 0.0637 e. The normalized spacial score (nSPS) is 11.5. The third-order valence-electron chi connectivity index (χ3n) is 2.85. The molecule has 4 heteroatoms. The predicted molar refractivity (Wildman–Crippen MR) is 80.6 cm³/mol. The van der Waals surface area contributed by atoms with Gasteiger partial charge < -0.3 is 5.32 Å². The van der Waals surface area contributed by atoms with Crippen LogP contribution in [0, 0.1) is 0 Å². The van der Waals surface area contributed by atoms with Crippen LogP contribution in [0.15, 0.2) is 18.2 Å². The minimum Gasteiger partial charge on any atom is -0.313 e. The molecule has 0 fully saturated rings. The number of likely N-dealkylation sites (N-methyl/N-ethyl adjacent to an activating group) is 1. The van der Waals surface area contributed by atoms with Crippen LogP contribution in [0.1, 0.15) is 26.3 Å². The lowest BCUT2D eigenvalue weighted by Gasteiger charge is -2.22. The first-order chi connectivity index (χ1) is 8.54. The molecule has 0 bridgehead atoms. The summed E-state index contributed by atoms with van der Waals surface area (Å²) in [5.41, 5.74) is 1.09. The number of hydrogen-bond acceptors (Lipinski definition) is 2. The van der Waals surface area contributed by atoms with E-state index in [2.05, 4.69) is 31.0 Å². The van der Waals surface area contributed by atoms with Crippen LogP contribution < -0.4 is 5.32 Å². The van der Waals surface area contributed by atoms with E-state index >= 15 is 0 Å². The Morgan fingerprint density at radius 3 is 2.61 bits per heavy atom. The fourth-order valence-electron chi connectivity index (χ4n) is 1.77. The van der Waals surface area contributed by atoms with E-state index in [9.17, 15) is 0 Å². The van der Waals surface area contributed by atoms with Gasteiger partial charge in [0.05, 0.1) is 10.0 Å². The average molecular weight is 289 g/mol. The number of nitrogens with one attached hydrogen (secondary N) is 1. The molecule has 0 aliphatic heterocycles. The standard InChI is InChI=1S/C14H22Cl2N2/c1-4-18(9-8-17-11(2)3)10-12-6-5-7-13(15)14(12)16/h5-7,11,17H,4,8-10H2,1-3H3. The lowest BCUT2D eigenvalue weighted by atomic mass is 10.2. The summed E-state index contributed by atoms with van der Waals surface area (Å²) in [4.78, 5) is 2.35. The first-order valence-corrected chi connectivity index (χ1v) is 7.18.